The Kier molecular flexibility index (Phi) is 5.02. The lowest BCUT2D eigenvalue weighted by Crippen LogP contribution is -2.28. The minimum absolute atomic E-state index is 0.0125. The number of para-hydroxylation sites is 1. The second kappa shape index (κ2) is 7.76. The Morgan fingerprint density at radius 3 is 2.21 bits per heavy atom. The van der Waals surface area contributed by atoms with Gasteiger partial charge in [-0.3, -0.25) is 4.99 Å². The van der Waals surface area contributed by atoms with Crippen LogP contribution >= 0.6 is 0 Å². The van der Waals surface area contributed by atoms with Crippen molar-refractivity contribution in [3.05, 3.63) is 101 Å². The fraction of sp³-hybridized carbons (Fsp3) is 0.136. The van der Waals surface area contributed by atoms with Crippen molar-refractivity contribution in [2.24, 2.45) is 4.99 Å². The molecule has 0 aliphatic carbocycles. The SMILES string of the molecule is Fc1cccc([C@H]2N=C(COc3ccccc3F)N[C@H]2c2cccc(F)c2)c1. The van der Waals surface area contributed by atoms with Gasteiger partial charge >= 0.3 is 0 Å². The number of hydrogen-bond donors (Lipinski definition) is 1. The zero-order valence-electron chi connectivity index (χ0n) is 14.8. The normalized spacial score (nSPS) is 18.5. The summed E-state index contributed by atoms with van der Waals surface area (Å²) in [4.78, 5) is 4.60. The second-order valence-corrected chi connectivity index (χ2v) is 6.47. The predicted molar refractivity (Wildman–Crippen MR) is 101 cm³/mol. The first-order valence-electron chi connectivity index (χ1n) is 8.81. The van der Waals surface area contributed by atoms with Gasteiger partial charge in [-0.05, 0) is 47.5 Å². The molecule has 3 aromatic carbocycles. The van der Waals surface area contributed by atoms with Crippen molar-refractivity contribution in [2.75, 3.05) is 6.61 Å². The number of halogens is 3. The van der Waals surface area contributed by atoms with E-state index in [0.29, 0.717) is 17.0 Å². The van der Waals surface area contributed by atoms with Crippen molar-refractivity contribution in [1.29, 1.82) is 0 Å². The average Bonchev–Trinajstić information content (AvgIpc) is 3.12. The highest BCUT2D eigenvalue weighted by Gasteiger charge is 2.32. The lowest BCUT2D eigenvalue weighted by atomic mass is 9.95. The lowest BCUT2D eigenvalue weighted by molar-refractivity contribution is 0.350. The monoisotopic (exact) mass is 382 g/mol. The topological polar surface area (TPSA) is 33.6 Å². The van der Waals surface area contributed by atoms with Crippen LogP contribution in [0.25, 0.3) is 0 Å². The summed E-state index contributed by atoms with van der Waals surface area (Å²) in [6, 6.07) is 17.5. The van der Waals surface area contributed by atoms with E-state index in [4.69, 9.17) is 4.74 Å². The van der Waals surface area contributed by atoms with Crippen molar-refractivity contribution in [3.63, 3.8) is 0 Å². The quantitative estimate of drug-likeness (QED) is 0.676. The van der Waals surface area contributed by atoms with E-state index in [1.165, 1.54) is 36.4 Å². The van der Waals surface area contributed by atoms with Gasteiger partial charge in [0.1, 0.15) is 30.1 Å². The molecule has 0 spiro atoms. The third-order valence-electron chi connectivity index (χ3n) is 4.53. The van der Waals surface area contributed by atoms with Crippen LogP contribution in [-0.4, -0.2) is 12.4 Å². The molecule has 0 saturated carbocycles. The number of rotatable bonds is 5. The van der Waals surface area contributed by atoms with Gasteiger partial charge < -0.3 is 10.1 Å². The number of aliphatic imine (C=N–C) groups is 1. The molecule has 0 radical (unpaired) electrons. The van der Waals surface area contributed by atoms with Crippen LogP contribution in [0.3, 0.4) is 0 Å². The van der Waals surface area contributed by atoms with Crippen LogP contribution in [0.2, 0.25) is 0 Å². The third kappa shape index (κ3) is 3.86. The van der Waals surface area contributed by atoms with Crippen LogP contribution in [0, 0.1) is 17.5 Å². The van der Waals surface area contributed by atoms with E-state index in [9.17, 15) is 13.2 Å². The summed E-state index contributed by atoms with van der Waals surface area (Å²) in [5.41, 5.74) is 1.33. The summed E-state index contributed by atoms with van der Waals surface area (Å²) in [7, 11) is 0. The summed E-state index contributed by atoms with van der Waals surface area (Å²) in [5, 5.41) is 3.21. The Hall–Kier alpha value is -3.28. The summed E-state index contributed by atoms with van der Waals surface area (Å²) in [5.74, 6) is -0.616. The van der Waals surface area contributed by atoms with Crippen molar-refractivity contribution in [3.8, 4) is 5.75 Å². The molecular formula is C22H17F3N2O. The molecule has 0 aromatic heterocycles. The van der Waals surface area contributed by atoms with E-state index in [2.05, 4.69) is 10.3 Å². The maximum Gasteiger partial charge on any atom is 0.165 e. The molecule has 1 heterocycles. The zero-order chi connectivity index (χ0) is 19.5. The molecule has 1 N–H and O–H groups in total. The minimum Gasteiger partial charge on any atom is -0.483 e. The Balaban J connectivity index is 1.61. The van der Waals surface area contributed by atoms with E-state index in [1.807, 2.05) is 0 Å². The molecule has 4 rings (SSSR count). The summed E-state index contributed by atoms with van der Waals surface area (Å²) in [6.07, 6.45) is 0. The second-order valence-electron chi connectivity index (χ2n) is 6.47. The first-order chi connectivity index (χ1) is 13.6. The van der Waals surface area contributed by atoms with Crippen molar-refractivity contribution in [1.82, 2.24) is 5.32 Å². The predicted octanol–water partition coefficient (Wildman–Crippen LogP) is 4.97. The summed E-state index contributed by atoms with van der Waals surface area (Å²) < 4.78 is 46.8. The fourth-order valence-electron chi connectivity index (χ4n) is 3.25. The van der Waals surface area contributed by atoms with E-state index in [1.54, 1.807) is 36.4 Å². The zero-order valence-corrected chi connectivity index (χ0v) is 14.8. The Bertz CT molecular complexity index is 1020. The van der Waals surface area contributed by atoms with E-state index in [0.717, 1.165) is 0 Å². The summed E-state index contributed by atoms with van der Waals surface area (Å²) in [6.45, 7) is 0.0125. The molecule has 0 amide bonds. The fourth-order valence-corrected chi connectivity index (χ4v) is 3.25. The highest BCUT2D eigenvalue weighted by Crippen LogP contribution is 2.36. The minimum atomic E-state index is -0.468. The Morgan fingerprint density at radius 2 is 1.50 bits per heavy atom. The molecule has 0 unspecified atom stereocenters. The molecule has 0 fully saturated rings. The Morgan fingerprint density at radius 1 is 0.821 bits per heavy atom. The lowest BCUT2D eigenvalue weighted by Gasteiger charge is -2.20. The molecule has 1 aliphatic heterocycles. The van der Waals surface area contributed by atoms with Crippen molar-refractivity contribution < 1.29 is 17.9 Å². The van der Waals surface area contributed by atoms with E-state index in [-0.39, 0.29) is 24.0 Å². The first kappa shape index (κ1) is 18.1. The number of ether oxygens (including phenoxy) is 1. The van der Waals surface area contributed by atoms with Crippen LogP contribution in [-0.2, 0) is 0 Å². The number of nitrogens with zero attached hydrogens (tertiary/aromatic N) is 1. The van der Waals surface area contributed by atoms with E-state index < -0.39 is 17.9 Å². The molecule has 2 atom stereocenters. The molecule has 1 aliphatic rings. The van der Waals surface area contributed by atoms with Crippen LogP contribution in [0.5, 0.6) is 5.75 Å². The highest BCUT2D eigenvalue weighted by atomic mass is 19.1. The van der Waals surface area contributed by atoms with Gasteiger partial charge in [0.25, 0.3) is 0 Å². The van der Waals surface area contributed by atoms with Crippen LogP contribution in [0.4, 0.5) is 13.2 Å². The Labute approximate surface area is 160 Å². The average molecular weight is 382 g/mol. The molecular weight excluding hydrogens is 365 g/mol. The van der Waals surface area contributed by atoms with E-state index >= 15 is 0 Å². The standard InChI is InChI=1S/C22H17F3N2O/c23-16-7-3-5-14(11-16)21-22(15-6-4-8-17(24)12-15)27-20(26-21)13-28-19-10-2-1-9-18(19)25/h1-12,21-22H,13H2,(H,26,27)/t21-,22+. The van der Waals surface area contributed by atoms with Crippen molar-refractivity contribution >= 4 is 5.84 Å². The molecule has 0 bridgehead atoms. The molecule has 6 heteroatoms. The van der Waals surface area contributed by atoms with Gasteiger partial charge in [0.15, 0.2) is 11.6 Å². The van der Waals surface area contributed by atoms with Gasteiger partial charge in [0, 0.05) is 0 Å². The van der Waals surface area contributed by atoms with Crippen LogP contribution in [0.15, 0.2) is 77.8 Å². The number of benzene rings is 3. The molecule has 3 nitrogen and oxygen atoms in total. The largest absolute Gasteiger partial charge is 0.483 e. The van der Waals surface area contributed by atoms with Gasteiger partial charge in [-0.1, -0.05) is 36.4 Å². The number of amidine groups is 1. The van der Waals surface area contributed by atoms with Gasteiger partial charge in [-0.25, -0.2) is 13.2 Å². The van der Waals surface area contributed by atoms with Crippen LogP contribution < -0.4 is 10.1 Å². The van der Waals surface area contributed by atoms with Crippen LogP contribution in [0.1, 0.15) is 23.2 Å². The molecule has 28 heavy (non-hydrogen) atoms. The van der Waals surface area contributed by atoms with Gasteiger partial charge in [0.2, 0.25) is 0 Å². The molecule has 142 valence electrons. The first-order valence-corrected chi connectivity index (χ1v) is 8.81. The maximum atomic E-state index is 13.8. The van der Waals surface area contributed by atoms with Gasteiger partial charge in [0.05, 0.1) is 6.04 Å². The number of hydrogen-bond acceptors (Lipinski definition) is 3. The maximum absolute atomic E-state index is 13.8. The van der Waals surface area contributed by atoms with Gasteiger partial charge in [-0.15, -0.1) is 0 Å². The van der Waals surface area contributed by atoms with Crippen molar-refractivity contribution in [2.45, 2.75) is 12.1 Å². The number of nitrogens with one attached hydrogen (secondary N) is 1. The van der Waals surface area contributed by atoms with Gasteiger partial charge in [-0.2, -0.15) is 0 Å². The molecule has 3 aromatic rings. The highest BCUT2D eigenvalue weighted by molar-refractivity contribution is 5.86. The molecule has 0 saturated heterocycles. The smallest absolute Gasteiger partial charge is 0.165 e. The summed E-state index contributed by atoms with van der Waals surface area (Å²) >= 11 is 0. The third-order valence-corrected chi connectivity index (χ3v) is 4.53.